The number of hydrogen-bond donors (Lipinski definition) is 3. The number of carbonyl (C=O) groups is 1. The van der Waals surface area contributed by atoms with Crippen molar-refractivity contribution in [2.75, 3.05) is 13.2 Å². The van der Waals surface area contributed by atoms with Crippen LogP contribution in [0.15, 0.2) is 4.79 Å². The Morgan fingerprint density at radius 3 is 2.60 bits per heavy atom. The predicted molar refractivity (Wildman–Crippen MR) is 76.5 cm³/mol. The number of H-pyrrole nitrogens is 1. The van der Waals surface area contributed by atoms with Gasteiger partial charge in [0.25, 0.3) is 5.56 Å². The van der Waals surface area contributed by atoms with Crippen LogP contribution in [0.4, 0.5) is 0 Å². The van der Waals surface area contributed by atoms with Crippen molar-refractivity contribution in [3.05, 3.63) is 27.4 Å². The summed E-state index contributed by atoms with van der Waals surface area (Å²) in [5, 5.41) is 11.9. The van der Waals surface area contributed by atoms with Gasteiger partial charge in [-0.2, -0.15) is 0 Å². The third-order valence-electron chi connectivity index (χ3n) is 3.13. The molecule has 0 saturated carbocycles. The summed E-state index contributed by atoms with van der Waals surface area (Å²) < 4.78 is 0. The summed E-state index contributed by atoms with van der Waals surface area (Å²) in [6, 6.07) is 0. The molecule has 1 amide bonds. The summed E-state index contributed by atoms with van der Waals surface area (Å²) in [4.78, 5) is 30.3. The highest BCUT2D eigenvalue weighted by Gasteiger charge is 2.17. The molecule has 0 fully saturated rings. The van der Waals surface area contributed by atoms with Gasteiger partial charge in [0.2, 0.25) is 5.91 Å². The Hall–Kier alpha value is -1.69. The lowest BCUT2D eigenvalue weighted by atomic mass is 9.95. The lowest BCUT2D eigenvalue weighted by molar-refractivity contribution is -0.121. The number of carbonyl (C=O) groups excluding carboxylic acids is 1. The minimum absolute atomic E-state index is 0.00788. The van der Waals surface area contributed by atoms with Gasteiger partial charge in [-0.3, -0.25) is 9.59 Å². The van der Waals surface area contributed by atoms with Gasteiger partial charge in [0.1, 0.15) is 5.82 Å². The molecule has 0 atom stereocenters. The summed E-state index contributed by atoms with van der Waals surface area (Å²) in [5.41, 5.74) is 0.689. The topological polar surface area (TPSA) is 95.1 Å². The fourth-order valence-corrected chi connectivity index (χ4v) is 1.77. The number of nitrogens with zero attached hydrogens (tertiary/aromatic N) is 1. The van der Waals surface area contributed by atoms with Crippen LogP contribution in [-0.2, 0) is 11.2 Å². The van der Waals surface area contributed by atoms with Crippen molar-refractivity contribution in [2.45, 2.75) is 40.5 Å². The van der Waals surface area contributed by atoms with Crippen LogP contribution >= 0.6 is 0 Å². The van der Waals surface area contributed by atoms with Crippen LogP contribution < -0.4 is 10.9 Å². The Morgan fingerprint density at radius 2 is 2.05 bits per heavy atom. The van der Waals surface area contributed by atoms with Crippen molar-refractivity contribution in [3.8, 4) is 0 Å². The molecule has 20 heavy (non-hydrogen) atoms. The highest BCUT2D eigenvalue weighted by molar-refractivity contribution is 5.76. The minimum Gasteiger partial charge on any atom is -0.396 e. The molecule has 6 nitrogen and oxygen atoms in total. The van der Waals surface area contributed by atoms with Crippen molar-refractivity contribution < 1.29 is 9.90 Å². The van der Waals surface area contributed by atoms with E-state index < -0.39 is 0 Å². The molecule has 0 aliphatic carbocycles. The zero-order chi connectivity index (χ0) is 15.3. The zero-order valence-corrected chi connectivity index (χ0v) is 12.5. The van der Waals surface area contributed by atoms with Crippen molar-refractivity contribution in [2.24, 2.45) is 5.41 Å². The Bertz CT molecular complexity index is 535. The summed E-state index contributed by atoms with van der Waals surface area (Å²) in [6.07, 6.45) is 0.593. The number of aromatic nitrogens is 2. The normalized spacial score (nSPS) is 11.4. The maximum absolute atomic E-state index is 11.8. The quantitative estimate of drug-likeness (QED) is 0.705. The van der Waals surface area contributed by atoms with E-state index >= 15 is 0 Å². The second-order valence-corrected chi connectivity index (χ2v) is 5.81. The van der Waals surface area contributed by atoms with Crippen molar-refractivity contribution in [1.29, 1.82) is 0 Å². The van der Waals surface area contributed by atoms with Gasteiger partial charge in [-0.05, 0) is 20.3 Å². The SMILES string of the molecule is Cc1nc(C)c(CCC(=O)NCC(C)(C)CO)c(=O)[nH]1. The third kappa shape index (κ3) is 4.77. The monoisotopic (exact) mass is 281 g/mol. The molecule has 1 rings (SSSR count). The fraction of sp³-hybridized carbons (Fsp3) is 0.643. The average molecular weight is 281 g/mol. The van der Waals surface area contributed by atoms with E-state index in [-0.39, 0.29) is 29.9 Å². The van der Waals surface area contributed by atoms with Gasteiger partial charge in [-0.25, -0.2) is 4.98 Å². The van der Waals surface area contributed by atoms with Crippen LogP contribution in [0.3, 0.4) is 0 Å². The Morgan fingerprint density at radius 1 is 1.40 bits per heavy atom. The van der Waals surface area contributed by atoms with E-state index in [0.29, 0.717) is 30.0 Å². The Balaban J connectivity index is 2.56. The van der Waals surface area contributed by atoms with Gasteiger partial charge in [0, 0.05) is 36.2 Å². The first-order chi connectivity index (χ1) is 9.25. The number of nitrogens with one attached hydrogen (secondary N) is 2. The minimum atomic E-state index is -0.339. The molecule has 0 aromatic carbocycles. The Kier molecular flexibility index (Phi) is 5.44. The second-order valence-electron chi connectivity index (χ2n) is 5.81. The molecule has 3 N–H and O–H groups in total. The first-order valence-electron chi connectivity index (χ1n) is 6.69. The predicted octanol–water partition coefficient (Wildman–Crippen LogP) is 0.454. The third-order valence-corrected chi connectivity index (χ3v) is 3.13. The van der Waals surface area contributed by atoms with Crippen LogP contribution in [0.5, 0.6) is 0 Å². The molecule has 1 aromatic rings. The molecule has 1 aromatic heterocycles. The second kappa shape index (κ2) is 6.65. The largest absolute Gasteiger partial charge is 0.396 e. The molecule has 0 bridgehead atoms. The molecule has 0 saturated heterocycles. The van der Waals surface area contributed by atoms with Crippen LogP contribution in [0.25, 0.3) is 0 Å². The zero-order valence-electron chi connectivity index (χ0n) is 12.5. The molecule has 0 unspecified atom stereocenters. The van der Waals surface area contributed by atoms with Gasteiger partial charge in [0.05, 0.1) is 0 Å². The molecule has 0 spiro atoms. The number of aromatic amines is 1. The van der Waals surface area contributed by atoms with E-state index in [1.54, 1.807) is 13.8 Å². The van der Waals surface area contributed by atoms with E-state index in [1.807, 2.05) is 13.8 Å². The average Bonchev–Trinajstić information content (AvgIpc) is 2.35. The van der Waals surface area contributed by atoms with E-state index in [2.05, 4.69) is 15.3 Å². The van der Waals surface area contributed by atoms with Crippen LogP contribution in [0, 0.1) is 19.3 Å². The van der Waals surface area contributed by atoms with E-state index in [9.17, 15) is 9.59 Å². The van der Waals surface area contributed by atoms with Crippen molar-refractivity contribution >= 4 is 5.91 Å². The molecular formula is C14H23N3O3. The van der Waals surface area contributed by atoms with Crippen LogP contribution in [0.2, 0.25) is 0 Å². The summed E-state index contributed by atoms with van der Waals surface area (Å²) in [6.45, 7) is 7.64. The van der Waals surface area contributed by atoms with E-state index in [1.165, 1.54) is 0 Å². The van der Waals surface area contributed by atoms with Gasteiger partial charge in [-0.1, -0.05) is 13.8 Å². The van der Waals surface area contributed by atoms with Gasteiger partial charge in [0.15, 0.2) is 0 Å². The summed E-state index contributed by atoms with van der Waals surface area (Å²) in [5.74, 6) is 0.441. The van der Waals surface area contributed by atoms with Crippen molar-refractivity contribution in [1.82, 2.24) is 15.3 Å². The van der Waals surface area contributed by atoms with Gasteiger partial charge in [-0.15, -0.1) is 0 Å². The smallest absolute Gasteiger partial charge is 0.254 e. The molecule has 0 radical (unpaired) electrons. The molecule has 6 heteroatoms. The molecule has 0 aliphatic rings. The van der Waals surface area contributed by atoms with Gasteiger partial charge < -0.3 is 15.4 Å². The van der Waals surface area contributed by atoms with Crippen molar-refractivity contribution in [3.63, 3.8) is 0 Å². The highest BCUT2D eigenvalue weighted by Crippen LogP contribution is 2.11. The number of rotatable bonds is 6. The first kappa shape index (κ1) is 16.4. The number of aryl methyl sites for hydroxylation is 2. The first-order valence-corrected chi connectivity index (χ1v) is 6.69. The summed E-state index contributed by atoms with van der Waals surface area (Å²) >= 11 is 0. The molecule has 112 valence electrons. The number of hydrogen-bond acceptors (Lipinski definition) is 4. The standard InChI is InChI=1S/C14H23N3O3/c1-9-11(13(20)17-10(2)16-9)5-6-12(19)15-7-14(3,4)8-18/h18H,5-8H2,1-4H3,(H,15,19)(H,16,17,20). The maximum atomic E-state index is 11.8. The highest BCUT2D eigenvalue weighted by atomic mass is 16.3. The molecule has 1 heterocycles. The van der Waals surface area contributed by atoms with Crippen LogP contribution in [-0.4, -0.2) is 34.1 Å². The Labute approximate surface area is 118 Å². The molecule has 0 aliphatic heterocycles. The van der Waals surface area contributed by atoms with E-state index in [0.717, 1.165) is 0 Å². The van der Waals surface area contributed by atoms with E-state index in [4.69, 9.17) is 5.11 Å². The summed E-state index contributed by atoms with van der Waals surface area (Å²) in [7, 11) is 0. The number of aliphatic hydroxyl groups is 1. The maximum Gasteiger partial charge on any atom is 0.254 e. The molecular weight excluding hydrogens is 258 g/mol. The number of amides is 1. The lowest BCUT2D eigenvalue weighted by Crippen LogP contribution is -2.36. The van der Waals surface area contributed by atoms with Gasteiger partial charge >= 0.3 is 0 Å². The lowest BCUT2D eigenvalue weighted by Gasteiger charge is -2.21. The van der Waals surface area contributed by atoms with Crippen LogP contribution in [0.1, 0.15) is 37.4 Å². The fourth-order valence-electron chi connectivity index (χ4n) is 1.77. The number of aliphatic hydroxyl groups excluding tert-OH is 1.